The number of halogens is 1. The monoisotopic (exact) mass is 244 g/mol. The van der Waals surface area contributed by atoms with Gasteiger partial charge in [0, 0.05) is 17.3 Å². The van der Waals surface area contributed by atoms with Gasteiger partial charge in [-0.15, -0.1) is 0 Å². The molecule has 0 aromatic carbocycles. The molecule has 4 nitrogen and oxygen atoms in total. The molecule has 1 aliphatic heterocycles. The van der Waals surface area contributed by atoms with Crippen molar-refractivity contribution in [2.45, 2.75) is 57.5 Å². The molecule has 1 spiro atoms. The predicted molar refractivity (Wildman–Crippen MR) is 60.9 cm³/mol. The summed E-state index contributed by atoms with van der Waals surface area (Å²) in [7, 11) is 0. The van der Waals surface area contributed by atoms with Gasteiger partial charge in [-0.1, -0.05) is 12.8 Å². The van der Waals surface area contributed by atoms with E-state index in [1.165, 1.54) is 0 Å². The Morgan fingerprint density at radius 3 is 2.12 bits per heavy atom. The Morgan fingerprint density at radius 2 is 1.69 bits per heavy atom. The highest BCUT2D eigenvalue weighted by Crippen LogP contribution is 2.45. The fourth-order valence-corrected chi connectivity index (χ4v) is 3.20. The smallest absolute Gasteiger partial charge is 0.304 e. The van der Waals surface area contributed by atoms with Gasteiger partial charge in [0.05, 0.1) is 0 Å². The van der Waals surface area contributed by atoms with Gasteiger partial charge in [-0.25, -0.2) is 4.79 Å². The first-order chi connectivity index (χ1) is 7.31. The second-order valence-corrected chi connectivity index (χ2v) is 5.95. The van der Waals surface area contributed by atoms with Crippen LogP contribution in [0.2, 0.25) is 0 Å². The van der Waals surface area contributed by atoms with Crippen molar-refractivity contribution >= 4 is 23.7 Å². The molecule has 0 aromatic heterocycles. The lowest BCUT2D eigenvalue weighted by molar-refractivity contribution is -0.131. The Hall–Kier alpha value is -0.770. The topological polar surface area (TPSA) is 40.6 Å². The van der Waals surface area contributed by atoms with Crippen molar-refractivity contribution in [1.29, 1.82) is 0 Å². The van der Waals surface area contributed by atoms with E-state index >= 15 is 0 Å². The van der Waals surface area contributed by atoms with Crippen LogP contribution in [0, 0.1) is 0 Å². The average molecular weight is 245 g/mol. The lowest BCUT2D eigenvalue weighted by atomic mass is 9.91. The summed E-state index contributed by atoms with van der Waals surface area (Å²) in [5.41, 5.74) is -1.04. The third-order valence-corrected chi connectivity index (χ3v) is 3.76. The fraction of sp³-hybridized carbons (Fsp3) is 0.818. The number of rotatable bonds is 0. The molecular formula is C11H17ClN2O2. The van der Waals surface area contributed by atoms with Gasteiger partial charge in [0.1, 0.15) is 5.54 Å². The Morgan fingerprint density at radius 1 is 1.19 bits per heavy atom. The summed E-state index contributed by atoms with van der Waals surface area (Å²) in [6.07, 6.45) is 3.43. The van der Waals surface area contributed by atoms with Crippen molar-refractivity contribution in [3.63, 3.8) is 0 Å². The molecule has 1 aliphatic carbocycles. The predicted octanol–water partition coefficient (Wildman–Crippen LogP) is 2.52. The van der Waals surface area contributed by atoms with Crippen LogP contribution in [-0.2, 0) is 4.79 Å². The zero-order valence-electron chi connectivity index (χ0n) is 9.92. The second-order valence-electron chi connectivity index (χ2n) is 5.61. The summed E-state index contributed by atoms with van der Waals surface area (Å²) >= 11 is 5.78. The van der Waals surface area contributed by atoms with Gasteiger partial charge in [0.15, 0.2) is 0 Å². The molecule has 0 aromatic rings. The van der Waals surface area contributed by atoms with Crippen LogP contribution in [0.15, 0.2) is 0 Å². The summed E-state index contributed by atoms with van der Waals surface area (Å²) in [6, 6.07) is -0.374. The Balaban J connectivity index is 2.48. The molecular weight excluding hydrogens is 228 g/mol. The van der Waals surface area contributed by atoms with Gasteiger partial charge in [-0.3, -0.25) is 4.79 Å². The maximum atomic E-state index is 12.1. The Labute approximate surface area is 101 Å². The Kier molecular flexibility index (Phi) is 2.46. The molecule has 0 unspecified atom stereocenters. The zero-order chi connectivity index (χ0) is 12.1. The number of nitrogens with zero attached hydrogens (tertiary/aromatic N) is 2. The van der Waals surface area contributed by atoms with Gasteiger partial charge in [-0.2, -0.15) is 4.42 Å². The van der Waals surface area contributed by atoms with Crippen molar-refractivity contribution in [3.05, 3.63) is 0 Å². The van der Waals surface area contributed by atoms with Crippen LogP contribution in [0.1, 0.15) is 46.5 Å². The van der Waals surface area contributed by atoms with Gasteiger partial charge < -0.3 is 4.90 Å². The second kappa shape index (κ2) is 3.36. The van der Waals surface area contributed by atoms with Gasteiger partial charge in [-0.05, 0) is 33.6 Å². The summed E-state index contributed by atoms with van der Waals surface area (Å²) < 4.78 is 0.760. The fourth-order valence-electron chi connectivity index (χ4n) is 2.96. The van der Waals surface area contributed by atoms with E-state index in [1.807, 2.05) is 20.8 Å². The van der Waals surface area contributed by atoms with E-state index in [2.05, 4.69) is 0 Å². The molecule has 2 aliphatic rings. The van der Waals surface area contributed by atoms with Crippen LogP contribution in [0.3, 0.4) is 0 Å². The molecule has 0 radical (unpaired) electrons. The lowest BCUT2D eigenvalue weighted by Crippen LogP contribution is -2.55. The van der Waals surface area contributed by atoms with Crippen molar-refractivity contribution in [2.75, 3.05) is 0 Å². The van der Waals surface area contributed by atoms with E-state index in [-0.39, 0.29) is 17.5 Å². The molecule has 90 valence electrons. The van der Waals surface area contributed by atoms with Gasteiger partial charge in [0.25, 0.3) is 5.91 Å². The summed E-state index contributed by atoms with van der Waals surface area (Å²) in [6.45, 7) is 5.82. The maximum Gasteiger partial charge on any atom is 0.343 e. The molecule has 2 rings (SSSR count). The normalized spacial score (nSPS) is 25.0. The van der Waals surface area contributed by atoms with Crippen LogP contribution in [0.4, 0.5) is 4.79 Å². The number of amides is 3. The van der Waals surface area contributed by atoms with E-state index in [1.54, 1.807) is 4.90 Å². The molecule has 16 heavy (non-hydrogen) atoms. The van der Waals surface area contributed by atoms with Crippen LogP contribution in [-0.4, -0.2) is 32.3 Å². The van der Waals surface area contributed by atoms with E-state index in [9.17, 15) is 9.59 Å². The first kappa shape index (κ1) is 11.7. The highest BCUT2D eigenvalue weighted by Gasteiger charge is 2.61. The third kappa shape index (κ3) is 1.35. The number of hydrogen-bond donors (Lipinski definition) is 0. The van der Waals surface area contributed by atoms with Gasteiger partial charge in [0.2, 0.25) is 0 Å². The van der Waals surface area contributed by atoms with Crippen molar-refractivity contribution < 1.29 is 9.59 Å². The molecule has 1 heterocycles. The van der Waals surface area contributed by atoms with Crippen LogP contribution < -0.4 is 0 Å². The number of urea groups is 1. The number of carbonyl (C=O) groups is 2. The summed E-state index contributed by atoms with van der Waals surface area (Å²) in [5, 5.41) is 0. The summed E-state index contributed by atoms with van der Waals surface area (Å²) in [4.78, 5) is 25.8. The standard InChI is InChI=1S/C11H17ClN2O2/c1-10(2,3)14-9(16)13(12)8(15)11(14)6-4-5-7-11/h4-7H2,1-3H3. The quantitative estimate of drug-likeness (QED) is 0.485. The molecule has 2 fully saturated rings. The maximum absolute atomic E-state index is 12.1. The number of carbonyl (C=O) groups excluding carboxylic acids is 2. The van der Waals surface area contributed by atoms with Crippen LogP contribution in [0.25, 0.3) is 0 Å². The highest BCUT2D eigenvalue weighted by atomic mass is 35.5. The molecule has 1 saturated heterocycles. The van der Waals surface area contributed by atoms with Crippen LogP contribution >= 0.6 is 11.8 Å². The first-order valence-corrected chi connectivity index (χ1v) is 5.99. The van der Waals surface area contributed by atoms with Crippen molar-refractivity contribution in [2.24, 2.45) is 0 Å². The average Bonchev–Trinajstić information content (AvgIpc) is 2.69. The molecule has 0 bridgehead atoms. The number of hydrogen-bond acceptors (Lipinski definition) is 2. The zero-order valence-corrected chi connectivity index (χ0v) is 10.7. The molecule has 1 saturated carbocycles. The number of imide groups is 1. The summed E-state index contributed by atoms with van der Waals surface area (Å²) in [5.74, 6) is -0.244. The minimum absolute atomic E-state index is 0.244. The van der Waals surface area contributed by atoms with E-state index in [0.29, 0.717) is 0 Å². The van der Waals surface area contributed by atoms with Crippen molar-refractivity contribution in [1.82, 2.24) is 9.32 Å². The lowest BCUT2D eigenvalue weighted by Gasteiger charge is -2.41. The highest BCUT2D eigenvalue weighted by molar-refractivity contribution is 6.33. The largest absolute Gasteiger partial charge is 0.343 e. The van der Waals surface area contributed by atoms with E-state index < -0.39 is 5.54 Å². The minimum atomic E-state index is -0.670. The first-order valence-electron chi connectivity index (χ1n) is 5.65. The molecule has 0 atom stereocenters. The molecule has 0 N–H and O–H groups in total. The van der Waals surface area contributed by atoms with Crippen LogP contribution in [0.5, 0.6) is 0 Å². The SMILES string of the molecule is CC(C)(C)N1C(=O)N(Cl)C(=O)C12CCCC2. The van der Waals surface area contributed by atoms with E-state index in [4.69, 9.17) is 11.8 Å². The third-order valence-electron chi connectivity index (χ3n) is 3.47. The van der Waals surface area contributed by atoms with Crippen molar-refractivity contribution in [3.8, 4) is 0 Å². The van der Waals surface area contributed by atoms with Gasteiger partial charge >= 0.3 is 6.03 Å². The molecule has 5 heteroatoms. The molecule has 3 amide bonds. The minimum Gasteiger partial charge on any atom is -0.304 e. The Bertz CT molecular complexity index is 342. The van der Waals surface area contributed by atoms with E-state index in [0.717, 1.165) is 30.1 Å².